The highest BCUT2D eigenvalue weighted by molar-refractivity contribution is 7.97. The molecule has 1 aliphatic rings. The zero-order valence-corrected chi connectivity index (χ0v) is 26.4. The van der Waals surface area contributed by atoms with Gasteiger partial charge in [-0.05, 0) is 90.7 Å². The fourth-order valence-electron chi connectivity index (χ4n) is 5.65. The molecule has 6 nitrogen and oxygen atoms in total. The summed E-state index contributed by atoms with van der Waals surface area (Å²) >= 11 is 7.77. The third-order valence-corrected chi connectivity index (χ3v) is 9.27. The number of carbonyl (C=O) groups excluding carboxylic acids is 1. The number of anilines is 1. The van der Waals surface area contributed by atoms with Gasteiger partial charge in [0.2, 0.25) is 5.91 Å². The molecule has 228 valence electrons. The number of benzene rings is 4. The average Bonchev–Trinajstić information content (AvgIpc) is 3.01. The summed E-state index contributed by atoms with van der Waals surface area (Å²) in [5.41, 5.74) is 4.62. The van der Waals surface area contributed by atoms with E-state index in [1.165, 1.54) is 61.7 Å². The first-order chi connectivity index (χ1) is 21.2. The third-order valence-electron chi connectivity index (χ3n) is 8.04. The first-order valence-corrected chi connectivity index (χ1v) is 16.1. The second kappa shape index (κ2) is 14.8. The van der Waals surface area contributed by atoms with E-state index in [-0.39, 0.29) is 30.3 Å². The van der Waals surface area contributed by atoms with Crippen molar-refractivity contribution in [3.05, 3.63) is 124 Å². The molecular weight excluding hydrogens is 592 g/mol. The van der Waals surface area contributed by atoms with Crippen LogP contribution in [-0.4, -0.2) is 32.9 Å². The minimum Gasteiger partial charge on any atom is -0.507 e. The lowest BCUT2D eigenvalue weighted by atomic mass is 9.84. The monoisotopic (exact) mass is 628 g/mol. The molecule has 0 aromatic heterocycles. The number of carbonyl (C=O) groups is 2. The number of phenols is 1. The molecule has 1 saturated carbocycles. The summed E-state index contributed by atoms with van der Waals surface area (Å²) in [6.45, 7) is 2.84. The van der Waals surface area contributed by atoms with Crippen LogP contribution in [0, 0.1) is 6.92 Å². The normalized spacial score (nSPS) is 13.6. The summed E-state index contributed by atoms with van der Waals surface area (Å²) < 4.78 is 1.99. The molecule has 44 heavy (non-hydrogen) atoms. The van der Waals surface area contributed by atoms with E-state index in [1.54, 1.807) is 11.0 Å². The smallest absolute Gasteiger partial charge is 0.339 e. The molecule has 0 spiro atoms. The number of nitrogens with zero attached hydrogens (tertiary/aromatic N) is 2. The van der Waals surface area contributed by atoms with Crippen molar-refractivity contribution in [3.63, 3.8) is 0 Å². The van der Waals surface area contributed by atoms with Gasteiger partial charge in [-0.15, -0.1) is 0 Å². The zero-order valence-electron chi connectivity index (χ0n) is 24.8. The molecule has 0 aliphatic heterocycles. The molecule has 4 aromatic rings. The van der Waals surface area contributed by atoms with Gasteiger partial charge in [-0.3, -0.25) is 4.79 Å². The number of rotatable bonds is 11. The summed E-state index contributed by atoms with van der Waals surface area (Å²) in [7, 11) is 0. The Balaban J connectivity index is 1.42. The van der Waals surface area contributed by atoms with E-state index in [0.717, 1.165) is 21.6 Å². The first kappa shape index (κ1) is 31.6. The van der Waals surface area contributed by atoms with Crippen molar-refractivity contribution in [3.8, 4) is 5.75 Å². The second-order valence-corrected chi connectivity index (χ2v) is 13.0. The molecule has 1 amide bonds. The quantitative estimate of drug-likeness (QED) is 0.162. The standard InChI is InChI=1S/C36H37ClN2O4S/c1-25-10-17-32(18-11-25)44-38(22-27-6-5-9-30(37)20-27)24-35(41)39(31-16-19-33(36(42)43)34(40)21-31)23-26-12-14-29(15-13-26)28-7-3-2-4-8-28/h5-6,9-21,28,40H,2-4,7-8,22-24H2,1H3,(H,42,43). The Hall–Kier alpha value is -3.78. The molecule has 0 atom stereocenters. The largest absolute Gasteiger partial charge is 0.507 e. The van der Waals surface area contributed by atoms with Crippen molar-refractivity contribution in [1.29, 1.82) is 0 Å². The molecule has 0 unspecified atom stereocenters. The van der Waals surface area contributed by atoms with Crippen molar-refractivity contribution < 1.29 is 19.8 Å². The number of carboxylic acids is 1. The van der Waals surface area contributed by atoms with E-state index in [0.29, 0.717) is 23.2 Å². The lowest BCUT2D eigenvalue weighted by Crippen LogP contribution is -2.37. The van der Waals surface area contributed by atoms with Gasteiger partial charge in [0.05, 0.1) is 13.1 Å². The predicted molar refractivity (Wildman–Crippen MR) is 177 cm³/mol. The molecule has 8 heteroatoms. The number of aryl methyl sites for hydroxylation is 1. The van der Waals surface area contributed by atoms with Crippen molar-refractivity contribution in [2.24, 2.45) is 0 Å². The lowest BCUT2D eigenvalue weighted by Gasteiger charge is -2.28. The number of hydrogen-bond acceptors (Lipinski definition) is 5. The molecule has 1 fully saturated rings. The maximum Gasteiger partial charge on any atom is 0.339 e. The molecule has 0 heterocycles. The van der Waals surface area contributed by atoms with Crippen molar-refractivity contribution >= 4 is 41.1 Å². The highest BCUT2D eigenvalue weighted by atomic mass is 35.5. The van der Waals surface area contributed by atoms with Gasteiger partial charge in [0, 0.05) is 28.2 Å². The summed E-state index contributed by atoms with van der Waals surface area (Å²) in [5, 5.41) is 20.6. The van der Waals surface area contributed by atoms with Gasteiger partial charge >= 0.3 is 5.97 Å². The fourth-order valence-corrected chi connectivity index (χ4v) is 6.81. The number of halogens is 1. The Bertz CT molecular complexity index is 1590. The number of hydrogen-bond donors (Lipinski definition) is 2. The van der Waals surface area contributed by atoms with Crippen molar-refractivity contribution in [2.45, 2.75) is 62.9 Å². The molecule has 0 saturated heterocycles. The predicted octanol–water partition coefficient (Wildman–Crippen LogP) is 8.84. The average molecular weight is 629 g/mol. The Kier molecular flexibility index (Phi) is 10.6. The number of carboxylic acid groups (broad SMARTS) is 1. The van der Waals surface area contributed by atoms with E-state index in [4.69, 9.17) is 11.6 Å². The summed E-state index contributed by atoms with van der Waals surface area (Å²) in [5.74, 6) is -1.22. The summed E-state index contributed by atoms with van der Waals surface area (Å²) in [6, 6.07) is 28.5. The van der Waals surface area contributed by atoms with Gasteiger partial charge in [-0.2, -0.15) is 0 Å². The topological polar surface area (TPSA) is 81.1 Å². The van der Waals surface area contributed by atoms with Crippen LogP contribution in [0.1, 0.15) is 70.6 Å². The highest BCUT2D eigenvalue weighted by Gasteiger charge is 2.23. The van der Waals surface area contributed by atoms with Crippen LogP contribution in [0.2, 0.25) is 5.02 Å². The van der Waals surface area contributed by atoms with Crippen LogP contribution in [0.5, 0.6) is 5.75 Å². The summed E-state index contributed by atoms with van der Waals surface area (Å²) in [4.78, 5) is 28.3. The Morgan fingerprint density at radius 1 is 0.864 bits per heavy atom. The second-order valence-electron chi connectivity index (χ2n) is 11.4. The van der Waals surface area contributed by atoms with Crippen molar-refractivity contribution in [2.75, 3.05) is 11.4 Å². The number of aromatic hydroxyl groups is 1. The van der Waals surface area contributed by atoms with E-state index in [9.17, 15) is 19.8 Å². The molecule has 0 radical (unpaired) electrons. The van der Waals surface area contributed by atoms with Gasteiger partial charge in [0.15, 0.2) is 0 Å². The van der Waals surface area contributed by atoms with Crippen LogP contribution < -0.4 is 4.90 Å². The minimum absolute atomic E-state index is 0.0622. The van der Waals surface area contributed by atoms with Crippen LogP contribution in [0.3, 0.4) is 0 Å². The van der Waals surface area contributed by atoms with E-state index >= 15 is 0 Å². The van der Waals surface area contributed by atoms with E-state index < -0.39 is 5.97 Å². The Morgan fingerprint density at radius 2 is 1.59 bits per heavy atom. The van der Waals surface area contributed by atoms with Crippen LogP contribution in [-0.2, 0) is 17.9 Å². The Labute approximate surface area is 268 Å². The highest BCUT2D eigenvalue weighted by Crippen LogP contribution is 2.33. The lowest BCUT2D eigenvalue weighted by molar-refractivity contribution is -0.118. The zero-order chi connectivity index (χ0) is 31.1. The summed E-state index contributed by atoms with van der Waals surface area (Å²) in [6.07, 6.45) is 6.24. The van der Waals surface area contributed by atoms with Gasteiger partial charge < -0.3 is 15.1 Å². The Morgan fingerprint density at radius 3 is 2.25 bits per heavy atom. The van der Waals surface area contributed by atoms with E-state index in [2.05, 4.69) is 24.3 Å². The van der Waals surface area contributed by atoms with Crippen LogP contribution in [0.15, 0.2) is 95.9 Å². The van der Waals surface area contributed by atoms with Gasteiger partial charge in [0.1, 0.15) is 11.3 Å². The molecule has 2 N–H and O–H groups in total. The molecule has 0 bridgehead atoms. The molecule has 4 aromatic carbocycles. The van der Waals surface area contributed by atoms with Crippen LogP contribution >= 0.6 is 23.5 Å². The van der Waals surface area contributed by atoms with Gasteiger partial charge in [0.25, 0.3) is 0 Å². The van der Waals surface area contributed by atoms with Crippen molar-refractivity contribution in [1.82, 2.24) is 4.31 Å². The van der Waals surface area contributed by atoms with Crippen LogP contribution in [0.25, 0.3) is 0 Å². The maximum atomic E-state index is 14.2. The molecular formula is C36H37ClN2O4S. The SMILES string of the molecule is Cc1ccc(SN(CC(=O)N(Cc2ccc(C3CCCCC3)cc2)c2ccc(C(=O)O)c(O)c2)Cc2cccc(Cl)c2)cc1. The van der Waals surface area contributed by atoms with E-state index in [1.807, 2.05) is 59.8 Å². The fraction of sp³-hybridized carbons (Fsp3) is 0.278. The molecule has 5 rings (SSSR count). The first-order valence-electron chi connectivity index (χ1n) is 14.9. The maximum absolute atomic E-state index is 14.2. The van der Waals surface area contributed by atoms with Gasteiger partial charge in [-0.25, -0.2) is 9.10 Å². The number of aromatic carboxylic acids is 1. The van der Waals surface area contributed by atoms with Gasteiger partial charge in [-0.1, -0.05) is 85.0 Å². The third kappa shape index (κ3) is 8.44. The number of amides is 1. The molecule has 1 aliphatic carbocycles. The van der Waals surface area contributed by atoms with Crippen LogP contribution in [0.4, 0.5) is 5.69 Å². The minimum atomic E-state index is -1.23.